The smallest absolute Gasteiger partial charge is 0.417 e. The van der Waals surface area contributed by atoms with E-state index in [4.69, 9.17) is 20.4 Å². The van der Waals surface area contributed by atoms with Crippen molar-refractivity contribution in [2.45, 2.75) is 24.4 Å². The predicted octanol–water partition coefficient (Wildman–Crippen LogP) is 2.33. The van der Waals surface area contributed by atoms with Crippen LogP contribution in [0.3, 0.4) is 0 Å². The Labute approximate surface area is 171 Å². The largest absolute Gasteiger partial charge is 0.493 e. The average molecular weight is 446 g/mol. The van der Waals surface area contributed by atoms with Crippen LogP contribution < -0.4 is 25.8 Å². The fourth-order valence-electron chi connectivity index (χ4n) is 2.42. The van der Waals surface area contributed by atoms with Crippen LogP contribution in [-0.2, 0) is 16.3 Å². The number of benzene rings is 2. The van der Waals surface area contributed by atoms with E-state index in [1.807, 2.05) is 0 Å². The number of rotatable bonds is 9. The van der Waals surface area contributed by atoms with Crippen LogP contribution in [0.25, 0.3) is 0 Å². The molecule has 0 fully saturated rings. The molecule has 0 saturated heterocycles. The zero-order valence-electron chi connectivity index (χ0n) is 15.9. The van der Waals surface area contributed by atoms with Gasteiger partial charge in [0.05, 0.1) is 12.2 Å². The minimum absolute atomic E-state index is 0.107. The van der Waals surface area contributed by atoms with Gasteiger partial charge in [0.15, 0.2) is 0 Å². The molecular formula is C18H21F3N4O4S. The first-order valence-electron chi connectivity index (χ1n) is 8.66. The quantitative estimate of drug-likeness (QED) is 0.177. The number of nitrogens with one attached hydrogen (secondary N) is 1. The first kappa shape index (κ1) is 23.1. The van der Waals surface area contributed by atoms with E-state index in [2.05, 4.69) is 10.5 Å². The lowest BCUT2D eigenvalue weighted by molar-refractivity contribution is -0.139. The molecule has 5 N–H and O–H groups in total. The predicted molar refractivity (Wildman–Crippen MR) is 104 cm³/mol. The van der Waals surface area contributed by atoms with Gasteiger partial charge in [-0.25, -0.2) is 0 Å². The third-order valence-corrected chi connectivity index (χ3v) is 4.91. The number of hydrogen-bond acceptors (Lipinski definition) is 6. The molecule has 2 rings (SSSR count). The van der Waals surface area contributed by atoms with E-state index in [0.717, 1.165) is 12.1 Å². The Kier molecular flexibility index (Phi) is 7.38. The van der Waals surface area contributed by atoms with E-state index < -0.39 is 26.8 Å². The molecule has 164 valence electrons. The van der Waals surface area contributed by atoms with Gasteiger partial charge in [-0.2, -0.15) is 21.6 Å². The molecule has 8 nitrogen and oxygen atoms in total. The molecule has 0 aliphatic carbocycles. The summed E-state index contributed by atoms with van der Waals surface area (Å²) in [6.45, 7) is 2.34. The van der Waals surface area contributed by atoms with Crippen molar-refractivity contribution in [1.82, 2.24) is 5.43 Å². The highest BCUT2D eigenvalue weighted by Crippen LogP contribution is 2.35. The summed E-state index contributed by atoms with van der Waals surface area (Å²) < 4.78 is 74.9. The Morgan fingerprint density at radius 2 is 1.80 bits per heavy atom. The van der Waals surface area contributed by atoms with Gasteiger partial charge >= 0.3 is 16.3 Å². The molecule has 12 heteroatoms. The maximum atomic E-state index is 13.2. The van der Waals surface area contributed by atoms with E-state index in [0.29, 0.717) is 30.3 Å². The molecule has 0 saturated carbocycles. The van der Waals surface area contributed by atoms with Crippen molar-refractivity contribution in [3.05, 3.63) is 53.6 Å². The summed E-state index contributed by atoms with van der Waals surface area (Å²) in [5.74, 6) is 0.0245. The Morgan fingerprint density at radius 1 is 1.13 bits per heavy atom. The van der Waals surface area contributed by atoms with Gasteiger partial charge in [0.2, 0.25) is 5.96 Å². The van der Waals surface area contributed by atoms with Crippen molar-refractivity contribution in [3.63, 3.8) is 0 Å². The van der Waals surface area contributed by atoms with Crippen molar-refractivity contribution in [1.29, 1.82) is 0 Å². The zero-order valence-corrected chi connectivity index (χ0v) is 16.8. The average Bonchev–Trinajstić information content (AvgIpc) is 2.63. The minimum atomic E-state index is -4.85. The summed E-state index contributed by atoms with van der Waals surface area (Å²) in [6.07, 6.45) is -4.32. The van der Waals surface area contributed by atoms with Gasteiger partial charge in [0.25, 0.3) is 0 Å². The summed E-state index contributed by atoms with van der Waals surface area (Å²) in [4.78, 5) is -0.965. The minimum Gasteiger partial charge on any atom is -0.493 e. The van der Waals surface area contributed by atoms with E-state index in [1.54, 1.807) is 13.0 Å². The Morgan fingerprint density at radius 3 is 2.47 bits per heavy atom. The zero-order chi connectivity index (χ0) is 22.4. The van der Waals surface area contributed by atoms with E-state index >= 15 is 0 Å². The van der Waals surface area contributed by atoms with Crippen LogP contribution in [-0.4, -0.2) is 27.5 Å². The van der Waals surface area contributed by atoms with Gasteiger partial charge in [-0.1, -0.05) is 12.1 Å². The lowest BCUT2D eigenvalue weighted by Crippen LogP contribution is -2.27. The molecule has 0 heterocycles. The Hall–Kier alpha value is -3.15. The van der Waals surface area contributed by atoms with Crippen LogP contribution >= 0.6 is 0 Å². The van der Waals surface area contributed by atoms with Crippen molar-refractivity contribution < 1.29 is 30.5 Å². The van der Waals surface area contributed by atoms with Gasteiger partial charge in [0, 0.05) is 19.0 Å². The summed E-state index contributed by atoms with van der Waals surface area (Å²) >= 11 is 0. The molecule has 0 aliphatic heterocycles. The third-order valence-electron chi connectivity index (χ3n) is 3.60. The molecule has 0 spiro atoms. The fourth-order valence-corrected chi connectivity index (χ4v) is 3.56. The van der Waals surface area contributed by atoms with Gasteiger partial charge in [-0.3, -0.25) is 0 Å². The molecular weight excluding hydrogens is 425 g/mol. The SMILES string of the molecule is Cc1cc(OCCCNN=C(N)N)cc(OS(=O)(=O)c2ccccc2C(F)(F)F)c1. The topological polar surface area (TPSA) is 129 Å². The van der Waals surface area contributed by atoms with Crippen LogP contribution in [0.15, 0.2) is 52.5 Å². The standard InChI is InChI=1S/C18H21F3N4O4S/c1-12-9-13(28-8-4-7-24-25-17(22)23)11-14(10-12)29-30(26,27)16-6-3-2-5-15(16)18(19,20)21/h2-3,5-6,9-11,24H,4,7-8H2,1H3,(H4,22,23,25). The van der Waals surface area contributed by atoms with E-state index in [-0.39, 0.29) is 18.3 Å². The summed E-state index contributed by atoms with van der Waals surface area (Å²) in [6, 6.07) is 8.10. The van der Waals surface area contributed by atoms with Crippen molar-refractivity contribution >= 4 is 16.1 Å². The number of nitrogens with two attached hydrogens (primary N) is 2. The molecule has 30 heavy (non-hydrogen) atoms. The summed E-state index contributed by atoms with van der Waals surface area (Å²) in [5, 5.41) is 3.59. The van der Waals surface area contributed by atoms with Gasteiger partial charge in [-0.15, -0.1) is 5.10 Å². The first-order chi connectivity index (χ1) is 14.0. The molecule has 0 radical (unpaired) electrons. The fraction of sp³-hybridized carbons (Fsp3) is 0.278. The second-order valence-corrected chi connectivity index (χ2v) is 7.67. The number of alkyl halides is 3. The van der Waals surface area contributed by atoms with Gasteiger partial charge in [0.1, 0.15) is 16.4 Å². The molecule has 0 aliphatic rings. The third kappa shape index (κ3) is 6.72. The van der Waals surface area contributed by atoms with Crippen molar-refractivity contribution in [3.8, 4) is 11.5 Å². The molecule has 0 atom stereocenters. The molecule has 2 aromatic rings. The highest BCUT2D eigenvalue weighted by atomic mass is 32.2. The summed E-state index contributed by atoms with van der Waals surface area (Å²) in [7, 11) is -4.73. The Bertz CT molecular complexity index is 1010. The first-order valence-corrected chi connectivity index (χ1v) is 10.1. The second kappa shape index (κ2) is 9.57. The number of ether oxygens (including phenoxy) is 1. The molecule has 2 aromatic carbocycles. The number of guanidine groups is 1. The van der Waals surface area contributed by atoms with Crippen LogP contribution in [0.1, 0.15) is 17.5 Å². The number of nitrogens with zero attached hydrogens (tertiary/aromatic N) is 1. The maximum absolute atomic E-state index is 13.2. The van der Waals surface area contributed by atoms with Crippen LogP contribution in [0, 0.1) is 6.92 Å². The second-order valence-electron chi connectivity index (χ2n) is 6.16. The molecule has 0 aromatic heterocycles. The summed E-state index contributed by atoms with van der Waals surface area (Å²) in [5.41, 5.74) is 12.2. The lowest BCUT2D eigenvalue weighted by atomic mass is 10.2. The van der Waals surface area contributed by atoms with E-state index in [1.165, 1.54) is 18.2 Å². The highest BCUT2D eigenvalue weighted by molar-refractivity contribution is 7.87. The molecule has 0 bridgehead atoms. The number of halogens is 3. The van der Waals surface area contributed by atoms with Gasteiger partial charge in [-0.05, 0) is 36.8 Å². The lowest BCUT2D eigenvalue weighted by Gasteiger charge is -2.14. The van der Waals surface area contributed by atoms with Crippen LogP contribution in [0.5, 0.6) is 11.5 Å². The number of aryl methyl sites for hydroxylation is 1. The van der Waals surface area contributed by atoms with Crippen LogP contribution in [0.4, 0.5) is 13.2 Å². The highest BCUT2D eigenvalue weighted by Gasteiger charge is 2.37. The molecule has 0 unspecified atom stereocenters. The number of hydrogen-bond donors (Lipinski definition) is 3. The normalized spacial score (nSPS) is 11.6. The van der Waals surface area contributed by atoms with Crippen molar-refractivity contribution in [2.75, 3.05) is 13.2 Å². The molecule has 0 amide bonds. The Balaban J connectivity index is 2.13. The van der Waals surface area contributed by atoms with Gasteiger partial charge < -0.3 is 25.8 Å². The van der Waals surface area contributed by atoms with E-state index in [9.17, 15) is 21.6 Å². The number of hydrazone groups is 1. The maximum Gasteiger partial charge on any atom is 0.417 e. The van der Waals surface area contributed by atoms with Crippen LogP contribution in [0.2, 0.25) is 0 Å². The van der Waals surface area contributed by atoms with Crippen molar-refractivity contribution in [2.24, 2.45) is 16.6 Å². The monoisotopic (exact) mass is 446 g/mol.